The predicted molar refractivity (Wildman–Crippen MR) is 80.4 cm³/mol. The fourth-order valence-electron chi connectivity index (χ4n) is 3.45. The maximum absolute atomic E-state index is 13.8. The number of hydrogen-bond acceptors (Lipinski definition) is 3. The topological polar surface area (TPSA) is 58.4 Å². The number of hydrogen-bond donors (Lipinski definition) is 2. The molecule has 1 aromatic carbocycles. The molecule has 3 atom stereocenters. The number of benzene rings is 1. The summed E-state index contributed by atoms with van der Waals surface area (Å²) >= 11 is 0. The lowest BCUT2D eigenvalue weighted by Crippen LogP contribution is -2.40. The second-order valence-corrected chi connectivity index (χ2v) is 6.28. The molecule has 2 aliphatic rings. The first kappa shape index (κ1) is 15.2. The zero-order valence-corrected chi connectivity index (χ0v) is 12.4. The van der Waals surface area contributed by atoms with Crippen LogP contribution < -0.4 is 16.0 Å². The number of nitrogens with zero attached hydrogens (tertiary/aromatic N) is 1. The van der Waals surface area contributed by atoms with Crippen molar-refractivity contribution in [1.82, 2.24) is 5.32 Å². The van der Waals surface area contributed by atoms with E-state index in [1.54, 1.807) is 4.90 Å². The quantitative estimate of drug-likeness (QED) is 0.895. The largest absolute Gasteiger partial charge is 0.365 e. The molecule has 0 aromatic heterocycles. The second kappa shape index (κ2) is 6.20. The van der Waals surface area contributed by atoms with Crippen molar-refractivity contribution in [3.8, 4) is 0 Å². The van der Waals surface area contributed by atoms with E-state index < -0.39 is 11.6 Å². The van der Waals surface area contributed by atoms with Gasteiger partial charge in [-0.2, -0.15) is 0 Å². The van der Waals surface area contributed by atoms with Crippen molar-refractivity contribution in [2.24, 2.45) is 11.7 Å². The molecule has 1 aliphatic heterocycles. The van der Waals surface area contributed by atoms with E-state index in [9.17, 15) is 13.6 Å². The summed E-state index contributed by atoms with van der Waals surface area (Å²) in [6.07, 6.45) is 3.13. The maximum Gasteiger partial charge on any atom is 0.223 e. The van der Waals surface area contributed by atoms with Crippen LogP contribution in [0.5, 0.6) is 0 Å². The molecule has 1 heterocycles. The van der Waals surface area contributed by atoms with Gasteiger partial charge in [0.2, 0.25) is 5.91 Å². The maximum atomic E-state index is 13.8. The van der Waals surface area contributed by atoms with Crippen LogP contribution in [0.25, 0.3) is 0 Å². The van der Waals surface area contributed by atoms with Gasteiger partial charge in [0.1, 0.15) is 17.3 Å². The summed E-state index contributed by atoms with van der Waals surface area (Å²) in [5, 5.41) is 3.00. The van der Waals surface area contributed by atoms with E-state index in [4.69, 9.17) is 5.73 Å². The molecule has 2 fully saturated rings. The number of anilines is 1. The Morgan fingerprint density at radius 2 is 1.95 bits per heavy atom. The summed E-state index contributed by atoms with van der Waals surface area (Å²) in [6.45, 7) is 0.968. The third kappa shape index (κ3) is 3.06. The van der Waals surface area contributed by atoms with Gasteiger partial charge in [0, 0.05) is 31.1 Å². The number of halogens is 2. The molecule has 6 heteroatoms. The molecule has 0 bridgehead atoms. The number of amides is 1. The monoisotopic (exact) mass is 309 g/mol. The van der Waals surface area contributed by atoms with Crippen molar-refractivity contribution in [2.75, 3.05) is 18.0 Å². The molecule has 1 amide bonds. The molecule has 1 saturated heterocycles. The smallest absolute Gasteiger partial charge is 0.223 e. The first-order valence-electron chi connectivity index (χ1n) is 7.79. The average molecular weight is 309 g/mol. The Labute approximate surface area is 128 Å². The summed E-state index contributed by atoms with van der Waals surface area (Å²) in [5.41, 5.74) is 5.83. The van der Waals surface area contributed by atoms with Crippen molar-refractivity contribution in [1.29, 1.82) is 0 Å². The highest BCUT2D eigenvalue weighted by atomic mass is 19.1. The van der Waals surface area contributed by atoms with E-state index >= 15 is 0 Å². The van der Waals surface area contributed by atoms with Crippen molar-refractivity contribution in [3.63, 3.8) is 0 Å². The van der Waals surface area contributed by atoms with Gasteiger partial charge in [0.15, 0.2) is 0 Å². The number of carbonyl (C=O) groups is 1. The average Bonchev–Trinajstić information content (AvgIpc) is 3.08. The zero-order valence-electron chi connectivity index (χ0n) is 12.4. The van der Waals surface area contributed by atoms with Crippen molar-refractivity contribution in [3.05, 3.63) is 29.8 Å². The van der Waals surface area contributed by atoms with Crippen LogP contribution in [0.4, 0.5) is 14.5 Å². The van der Waals surface area contributed by atoms with E-state index in [1.165, 1.54) is 18.2 Å². The highest BCUT2D eigenvalue weighted by Gasteiger charge is 2.32. The van der Waals surface area contributed by atoms with Gasteiger partial charge in [-0.3, -0.25) is 4.79 Å². The summed E-state index contributed by atoms with van der Waals surface area (Å²) < 4.78 is 27.6. The molecule has 3 rings (SSSR count). The molecular weight excluding hydrogens is 288 g/mol. The summed E-state index contributed by atoms with van der Waals surface area (Å²) in [7, 11) is 0. The second-order valence-electron chi connectivity index (χ2n) is 6.28. The van der Waals surface area contributed by atoms with Gasteiger partial charge in [0.25, 0.3) is 0 Å². The van der Waals surface area contributed by atoms with E-state index in [1.807, 2.05) is 0 Å². The standard InChI is InChI=1S/C16H21F2N3O/c17-13-2-1-3-14(18)15(13)21-7-6-12(9-21)20-16(22)10-4-5-11(19)8-10/h1-3,10-12H,4-9,19H2,(H,20,22). The van der Waals surface area contributed by atoms with Crippen LogP contribution in [0.3, 0.4) is 0 Å². The molecule has 120 valence electrons. The molecule has 1 saturated carbocycles. The van der Waals surface area contributed by atoms with Crippen LogP contribution in [0.1, 0.15) is 25.7 Å². The molecule has 1 aliphatic carbocycles. The van der Waals surface area contributed by atoms with Crippen molar-refractivity contribution < 1.29 is 13.6 Å². The third-order valence-corrected chi connectivity index (χ3v) is 4.63. The highest BCUT2D eigenvalue weighted by molar-refractivity contribution is 5.79. The van der Waals surface area contributed by atoms with Crippen LogP contribution in [-0.4, -0.2) is 31.1 Å². The fourth-order valence-corrected chi connectivity index (χ4v) is 3.45. The Hall–Kier alpha value is -1.69. The number of rotatable bonds is 3. The number of nitrogens with two attached hydrogens (primary N) is 1. The van der Waals surface area contributed by atoms with Gasteiger partial charge in [-0.25, -0.2) is 8.78 Å². The molecule has 3 N–H and O–H groups in total. The zero-order chi connectivity index (χ0) is 15.7. The predicted octanol–water partition coefficient (Wildman–Crippen LogP) is 1.79. The third-order valence-electron chi connectivity index (χ3n) is 4.63. The summed E-state index contributed by atoms with van der Waals surface area (Å²) in [6, 6.07) is 3.91. The minimum atomic E-state index is -0.561. The molecule has 0 spiro atoms. The lowest BCUT2D eigenvalue weighted by Gasteiger charge is -2.21. The normalized spacial score (nSPS) is 28.1. The highest BCUT2D eigenvalue weighted by Crippen LogP contribution is 2.28. The fraction of sp³-hybridized carbons (Fsp3) is 0.562. The summed E-state index contributed by atoms with van der Waals surface area (Å²) in [5.74, 6) is -1.12. The van der Waals surface area contributed by atoms with E-state index in [0.717, 1.165) is 19.3 Å². The minimum absolute atomic E-state index is 0.00198. The molecule has 3 unspecified atom stereocenters. The summed E-state index contributed by atoms with van der Waals surface area (Å²) in [4.78, 5) is 13.9. The Bertz CT molecular complexity index is 546. The Morgan fingerprint density at radius 1 is 1.23 bits per heavy atom. The van der Waals surface area contributed by atoms with Gasteiger partial charge in [0.05, 0.1) is 0 Å². The van der Waals surface area contributed by atoms with Gasteiger partial charge in [-0.15, -0.1) is 0 Å². The number of para-hydroxylation sites is 1. The van der Waals surface area contributed by atoms with Gasteiger partial charge in [-0.1, -0.05) is 6.07 Å². The number of nitrogens with one attached hydrogen (secondary N) is 1. The van der Waals surface area contributed by atoms with Crippen LogP contribution in [0.15, 0.2) is 18.2 Å². The van der Waals surface area contributed by atoms with Gasteiger partial charge in [-0.05, 0) is 37.8 Å². The van der Waals surface area contributed by atoms with Crippen molar-refractivity contribution >= 4 is 11.6 Å². The van der Waals surface area contributed by atoms with E-state index in [2.05, 4.69) is 5.32 Å². The number of carbonyl (C=O) groups excluding carboxylic acids is 1. The Morgan fingerprint density at radius 3 is 2.59 bits per heavy atom. The minimum Gasteiger partial charge on any atom is -0.365 e. The lowest BCUT2D eigenvalue weighted by molar-refractivity contribution is -0.125. The Balaban J connectivity index is 1.59. The van der Waals surface area contributed by atoms with Crippen LogP contribution in [0, 0.1) is 17.6 Å². The molecule has 1 aromatic rings. The SMILES string of the molecule is NC1CCC(C(=O)NC2CCN(c3c(F)cccc3F)C2)C1. The van der Waals surface area contributed by atoms with Gasteiger partial charge < -0.3 is 16.0 Å². The van der Waals surface area contributed by atoms with Crippen LogP contribution in [0.2, 0.25) is 0 Å². The van der Waals surface area contributed by atoms with Gasteiger partial charge >= 0.3 is 0 Å². The lowest BCUT2D eigenvalue weighted by atomic mass is 10.1. The molecule has 4 nitrogen and oxygen atoms in total. The van der Waals surface area contributed by atoms with Crippen molar-refractivity contribution in [2.45, 2.75) is 37.8 Å². The molecular formula is C16H21F2N3O. The van der Waals surface area contributed by atoms with E-state index in [-0.39, 0.29) is 29.6 Å². The molecule has 0 radical (unpaired) electrons. The van der Waals surface area contributed by atoms with Crippen LogP contribution in [-0.2, 0) is 4.79 Å². The first-order chi connectivity index (χ1) is 10.5. The Kier molecular flexibility index (Phi) is 4.29. The first-order valence-corrected chi connectivity index (χ1v) is 7.79. The van der Waals surface area contributed by atoms with Crippen LogP contribution >= 0.6 is 0 Å². The van der Waals surface area contributed by atoms with E-state index in [0.29, 0.717) is 19.5 Å². The molecule has 22 heavy (non-hydrogen) atoms.